The lowest BCUT2D eigenvalue weighted by atomic mass is 10.3. The number of benzene rings is 1. The highest BCUT2D eigenvalue weighted by atomic mass is 35.5. The summed E-state index contributed by atoms with van der Waals surface area (Å²) in [5.41, 5.74) is -5.96. The van der Waals surface area contributed by atoms with E-state index in [-0.39, 0.29) is 5.02 Å². The largest absolute Gasteiger partial charge is 0.476 e. The lowest BCUT2D eigenvalue weighted by molar-refractivity contribution is -0.387. The molecule has 0 N–H and O–H groups in total. The number of rotatable bonds is 2. The topological polar surface area (TPSA) is 60.2 Å². The minimum atomic E-state index is -5.04. The van der Waals surface area contributed by atoms with Gasteiger partial charge >= 0.3 is 5.51 Å². The first-order valence-electron chi connectivity index (χ1n) is 3.66. The smallest absolute Gasteiger partial charge is 0.258 e. The molecule has 0 aliphatic rings. The summed E-state index contributed by atoms with van der Waals surface area (Å²) in [6.45, 7) is 0. The number of nitro benzene ring substituents is 1. The van der Waals surface area contributed by atoms with Crippen molar-refractivity contribution >= 4 is 28.1 Å². The summed E-state index contributed by atoms with van der Waals surface area (Å²) < 4.78 is 47.3. The van der Waals surface area contributed by atoms with E-state index in [2.05, 4.69) is 0 Å². The SMILES string of the molecule is O=[N+]([O-])c1cc(Cl)ccc1[S@@](=O)C(F)(F)F. The zero-order chi connectivity index (χ0) is 12.5. The summed E-state index contributed by atoms with van der Waals surface area (Å²) in [6.07, 6.45) is 0. The number of hydrogen-bond donors (Lipinski definition) is 0. The fourth-order valence-corrected chi connectivity index (χ4v) is 1.85. The molecule has 0 aliphatic carbocycles. The average molecular weight is 274 g/mol. The van der Waals surface area contributed by atoms with Gasteiger partial charge in [-0.15, -0.1) is 0 Å². The first-order chi connectivity index (χ1) is 7.23. The maximum absolute atomic E-state index is 12.1. The van der Waals surface area contributed by atoms with Crippen molar-refractivity contribution in [3.8, 4) is 0 Å². The van der Waals surface area contributed by atoms with Crippen LogP contribution >= 0.6 is 11.6 Å². The van der Waals surface area contributed by atoms with E-state index < -0.39 is 31.8 Å². The lowest BCUT2D eigenvalue weighted by Gasteiger charge is -2.06. The van der Waals surface area contributed by atoms with Gasteiger partial charge in [-0.2, -0.15) is 13.2 Å². The van der Waals surface area contributed by atoms with E-state index in [0.29, 0.717) is 0 Å². The minimum absolute atomic E-state index is 0.102. The van der Waals surface area contributed by atoms with E-state index in [1.54, 1.807) is 0 Å². The van der Waals surface area contributed by atoms with Crippen LogP contribution in [-0.2, 0) is 10.8 Å². The van der Waals surface area contributed by atoms with Gasteiger partial charge in [0.15, 0.2) is 10.8 Å². The lowest BCUT2D eigenvalue weighted by Crippen LogP contribution is -2.17. The van der Waals surface area contributed by atoms with Crippen LogP contribution in [0.5, 0.6) is 0 Å². The van der Waals surface area contributed by atoms with E-state index in [4.69, 9.17) is 11.6 Å². The molecule has 1 rings (SSSR count). The standard InChI is InChI=1S/C7H3ClF3NO3S/c8-4-1-2-6(5(3-4)12(13)14)16(15)7(9,10)11/h1-3H/t16-/m1/s1. The fraction of sp³-hybridized carbons (Fsp3) is 0.143. The zero-order valence-electron chi connectivity index (χ0n) is 7.32. The summed E-state index contributed by atoms with van der Waals surface area (Å²) >= 11 is 5.40. The minimum Gasteiger partial charge on any atom is -0.258 e. The van der Waals surface area contributed by atoms with Crippen molar-refractivity contribution in [2.75, 3.05) is 0 Å². The molecule has 4 nitrogen and oxygen atoms in total. The van der Waals surface area contributed by atoms with Crippen LogP contribution in [0, 0.1) is 10.1 Å². The maximum Gasteiger partial charge on any atom is 0.476 e. The Hall–Kier alpha value is -1.15. The molecule has 0 heterocycles. The Kier molecular flexibility index (Phi) is 3.54. The molecule has 0 aromatic heterocycles. The number of nitrogens with zero attached hydrogens (tertiary/aromatic N) is 1. The van der Waals surface area contributed by atoms with Crippen molar-refractivity contribution in [3.05, 3.63) is 33.3 Å². The number of nitro groups is 1. The van der Waals surface area contributed by atoms with Gasteiger partial charge in [-0.1, -0.05) is 11.6 Å². The van der Waals surface area contributed by atoms with Crippen LogP contribution in [0.1, 0.15) is 0 Å². The summed E-state index contributed by atoms with van der Waals surface area (Å²) in [5, 5.41) is 10.3. The van der Waals surface area contributed by atoms with Crippen molar-refractivity contribution in [3.63, 3.8) is 0 Å². The Labute approximate surface area is 94.6 Å². The van der Waals surface area contributed by atoms with Gasteiger partial charge in [-0.25, -0.2) is 4.21 Å². The third-order valence-electron chi connectivity index (χ3n) is 1.53. The maximum atomic E-state index is 12.1. The molecular weight excluding hydrogens is 271 g/mol. The number of alkyl halides is 3. The molecule has 88 valence electrons. The van der Waals surface area contributed by atoms with Crippen molar-refractivity contribution in [2.24, 2.45) is 0 Å². The van der Waals surface area contributed by atoms with E-state index in [1.807, 2.05) is 0 Å². The van der Waals surface area contributed by atoms with Crippen molar-refractivity contribution in [2.45, 2.75) is 10.4 Å². The Bertz CT molecular complexity index is 463. The summed E-state index contributed by atoms with van der Waals surface area (Å²) in [6, 6.07) is 2.46. The molecule has 16 heavy (non-hydrogen) atoms. The van der Waals surface area contributed by atoms with Crippen LogP contribution in [-0.4, -0.2) is 14.6 Å². The van der Waals surface area contributed by atoms with Crippen molar-refractivity contribution in [1.29, 1.82) is 0 Å². The van der Waals surface area contributed by atoms with Gasteiger partial charge < -0.3 is 0 Å². The zero-order valence-corrected chi connectivity index (χ0v) is 8.90. The van der Waals surface area contributed by atoms with Crippen molar-refractivity contribution < 1.29 is 22.3 Å². The van der Waals surface area contributed by atoms with Gasteiger partial charge in [0.05, 0.1) is 4.92 Å². The Balaban J connectivity index is 3.34. The van der Waals surface area contributed by atoms with Crippen LogP contribution in [0.15, 0.2) is 23.1 Å². The van der Waals surface area contributed by atoms with Crippen molar-refractivity contribution in [1.82, 2.24) is 0 Å². The molecular formula is C7H3ClF3NO3S. The molecule has 1 aromatic rings. The molecule has 1 aromatic carbocycles. The molecule has 0 radical (unpaired) electrons. The Morgan fingerprint density at radius 2 is 1.94 bits per heavy atom. The molecule has 9 heteroatoms. The van der Waals surface area contributed by atoms with Crippen LogP contribution in [0.3, 0.4) is 0 Å². The normalized spacial score (nSPS) is 13.5. The van der Waals surface area contributed by atoms with E-state index in [0.717, 1.165) is 18.2 Å². The average Bonchev–Trinajstić information content (AvgIpc) is 2.15. The first kappa shape index (κ1) is 12.9. The molecule has 0 aliphatic heterocycles. The molecule has 0 spiro atoms. The first-order valence-corrected chi connectivity index (χ1v) is 5.19. The van der Waals surface area contributed by atoms with Crippen LogP contribution in [0.4, 0.5) is 18.9 Å². The molecule has 0 unspecified atom stereocenters. The van der Waals surface area contributed by atoms with Gasteiger partial charge in [0.25, 0.3) is 5.69 Å². The van der Waals surface area contributed by atoms with Crippen LogP contribution < -0.4 is 0 Å². The highest BCUT2D eigenvalue weighted by molar-refractivity contribution is 7.86. The predicted molar refractivity (Wildman–Crippen MR) is 50.6 cm³/mol. The van der Waals surface area contributed by atoms with Crippen LogP contribution in [0.25, 0.3) is 0 Å². The van der Waals surface area contributed by atoms with Gasteiger partial charge in [0.2, 0.25) is 0 Å². The van der Waals surface area contributed by atoms with E-state index >= 15 is 0 Å². The molecule has 0 bridgehead atoms. The molecule has 0 saturated heterocycles. The summed E-state index contributed by atoms with van der Waals surface area (Å²) in [4.78, 5) is 8.47. The Morgan fingerprint density at radius 1 is 1.38 bits per heavy atom. The molecule has 0 amide bonds. The van der Waals surface area contributed by atoms with Crippen LogP contribution in [0.2, 0.25) is 5.02 Å². The molecule has 0 fully saturated rings. The summed E-state index contributed by atoms with van der Waals surface area (Å²) in [5.74, 6) is 0. The van der Waals surface area contributed by atoms with Gasteiger partial charge in [-0.3, -0.25) is 10.1 Å². The predicted octanol–water partition coefficient (Wildman–Crippen LogP) is 2.88. The molecule has 0 saturated carbocycles. The van der Waals surface area contributed by atoms with Gasteiger partial charge in [0.1, 0.15) is 4.90 Å². The monoisotopic (exact) mass is 273 g/mol. The Morgan fingerprint density at radius 3 is 2.38 bits per heavy atom. The van der Waals surface area contributed by atoms with E-state index in [9.17, 15) is 27.5 Å². The van der Waals surface area contributed by atoms with Gasteiger partial charge in [-0.05, 0) is 12.1 Å². The second-order valence-corrected chi connectivity index (χ2v) is 4.46. The number of halogens is 4. The third-order valence-corrected chi connectivity index (χ3v) is 2.93. The van der Waals surface area contributed by atoms with Gasteiger partial charge in [0, 0.05) is 11.1 Å². The number of hydrogen-bond acceptors (Lipinski definition) is 3. The third kappa shape index (κ3) is 2.70. The highest BCUT2D eigenvalue weighted by Crippen LogP contribution is 2.33. The highest BCUT2D eigenvalue weighted by Gasteiger charge is 2.41. The second-order valence-electron chi connectivity index (χ2n) is 2.58. The summed E-state index contributed by atoms with van der Waals surface area (Å²) in [7, 11) is -3.44. The fourth-order valence-electron chi connectivity index (χ4n) is 0.915. The quantitative estimate of drug-likeness (QED) is 0.615. The second kappa shape index (κ2) is 4.38. The molecule has 1 atom stereocenters. The van der Waals surface area contributed by atoms with E-state index in [1.165, 1.54) is 0 Å².